The van der Waals surface area contributed by atoms with Crippen molar-refractivity contribution >= 4 is 11.8 Å². The normalized spacial score (nSPS) is 17.7. The first kappa shape index (κ1) is 23.0. The summed E-state index contributed by atoms with van der Waals surface area (Å²) >= 11 is 0. The molecule has 2 amide bonds. The Kier molecular flexibility index (Phi) is 6.25. The topological polar surface area (TPSA) is 89.8 Å². The quantitative estimate of drug-likeness (QED) is 0.577. The smallest absolute Gasteiger partial charge is 0.276 e. The minimum Gasteiger partial charge on any atom is -0.497 e. The third-order valence-corrected chi connectivity index (χ3v) is 6.75. The number of nitrogens with zero attached hydrogens (tertiary/aromatic N) is 5. The minimum absolute atomic E-state index is 0.00797. The summed E-state index contributed by atoms with van der Waals surface area (Å²) in [4.78, 5) is 29.8. The van der Waals surface area contributed by atoms with Crippen molar-refractivity contribution in [2.24, 2.45) is 0 Å². The first-order valence-electron chi connectivity index (χ1n) is 11.8. The summed E-state index contributed by atoms with van der Waals surface area (Å²) in [5.74, 6) is 0.625. The molecule has 182 valence electrons. The van der Waals surface area contributed by atoms with E-state index in [0.717, 1.165) is 22.4 Å². The molecule has 1 saturated heterocycles. The highest BCUT2D eigenvalue weighted by Crippen LogP contribution is 2.28. The molecule has 0 unspecified atom stereocenters. The fourth-order valence-corrected chi connectivity index (χ4v) is 4.68. The molecule has 3 aromatic rings. The van der Waals surface area contributed by atoms with Gasteiger partial charge in [-0.25, -0.2) is 4.68 Å². The second kappa shape index (κ2) is 9.50. The van der Waals surface area contributed by atoms with Crippen LogP contribution in [0.2, 0.25) is 0 Å². The van der Waals surface area contributed by atoms with Crippen molar-refractivity contribution in [3.63, 3.8) is 0 Å². The number of hydrogen-bond donors (Lipinski definition) is 0. The van der Waals surface area contributed by atoms with Crippen molar-refractivity contribution in [2.75, 3.05) is 33.3 Å². The van der Waals surface area contributed by atoms with Crippen molar-refractivity contribution in [1.82, 2.24) is 24.8 Å². The van der Waals surface area contributed by atoms with Gasteiger partial charge in [0.1, 0.15) is 11.9 Å². The van der Waals surface area contributed by atoms with Gasteiger partial charge in [0, 0.05) is 31.7 Å². The van der Waals surface area contributed by atoms with Gasteiger partial charge in [0.15, 0.2) is 5.69 Å². The number of piperazine rings is 1. The summed E-state index contributed by atoms with van der Waals surface area (Å²) in [5, 5.41) is 8.42. The number of benzene rings is 2. The molecule has 0 saturated carbocycles. The lowest BCUT2D eigenvalue weighted by molar-refractivity contribution is -0.00204. The molecule has 0 N–H and O–H groups in total. The van der Waals surface area contributed by atoms with Gasteiger partial charge in [-0.2, -0.15) is 0 Å². The highest BCUT2D eigenvalue weighted by Gasteiger charge is 2.32. The predicted molar refractivity (Wildman–Crippen MR) is 128 cm³/mol. The van der Waals surface area contributed by atoms with Crippen LogP contribution in [0.5, 0.6) is 5.75 Å². The number of fused-ring (bicyclic) bond motifs is 1. The van der Waals surface area contributed by atoms with E-state index in [1.165, 1.54) is 0 Å². The van der Waals surface area contributed by atoms with Gasteiger partial charge in [0.05, 0.1) is 26.0 Å². The maximum Gasteiger partial charge on any atom is 0.276 e. The molecular formula is C26H29N5O4. The second-order valence-electron chi connectivity index (χ2n) is 9.04. The molecular weight excluding hydrogens is 446 g/mol. The van der Waals surface area contributed by atoms with Crippen molar-refractivity contribution in [1.29, 1.82) is 0 Å². The summed E-state index contributed by atoms with van der Waals surface area (Å²) in [6.07, 6.45) is -0.169. The molecule has 1 fully saturated rings. The molecule has 9 heteroatoms. The van der Waals surface area contributed by atoms with Crippen LogP contribution in [0.1, 0.15) is 49.3 Å². The zero-order valence-corrected chi connectivity index (χ0v) is 20.2. The molecule has 1 atom stereocenters. The molecule has 5 rings (SSSR count). The van der Waals surface area contributed by atoms with Gasteiger partial charge in [-0.05, 0) is 43.2 Å². The van der Waals surface area contributed by atoms with E-state index in [2.05, 4.69) is 10.3 Å². The van der Waals surface area contributed by atoms with E-state index in [0.29, 0.717) is 49.7 Å². The van der Waals surface area contributed by atoms with Crippen molar-refractivity contribution in [3.8, 4) is 5.75 Å². The molecule has 1 aromatic heterocycles. The van der Waals surface area contributed by atoms with E-state index < -0.39 is 0 Å². The van der Waals surface area contributed by atoms with Gasteiger partial charge in [0.25, 0.3) is 11.8 Å². The average molecular weight is 476 g/mol. The lowest BCUT2D eigenvalue weighted by Gasteiger charge is -2.35. The lowest BCUT2D eigenvalue weighted by atomic mass is 10.0. The number of methoxy groups -OCH3 is 1. The van der Waals surface area contributed by atoms with Crippen LogP contribution in [0.3, 0.4) is 0 Å². The summed E-state index contributed by atoms with van der Waals surface area (Å²) in [6, 6.07) is 13.6. The van der Waals surface area contributed by atoms with E-state index in [9.17, 15) is 9.59 Å². The zero-order valence-electron chi connectivity index (χ0n) is 20.2. The van der Waals surface area contributed by atoms with Crippen LogP contribution in [0.25, 0.3) is 0 Å². The van der Waals surface area contributed by atoms with Crippen LogP contribution in [-0.2, 0) is 17.9 Å². The first-order valence-corrected chi connectivity index (χ1v) is 11.8. The Morgan fingerprint density at radius 1 is 0.971 bits per heavy atom. The fraction of sp³-hybridized carbons (Fsp3) is 0.385. The van der Waals surface area contributed by atoms with Gasteiger partial charge >= 0.3 is 0 Å². The number of rotatable bonds is 4. The summed E-state index contributed by atoms with van der Waals surface area (Å²) in [7, 11) is 1.63. The molecule has 0 radical (unpaired) electrons. The summed E-state index contributed by atoms with van der Waals surface area (Å²) in [5.41, 5.74) is 4.85. The van der Waals surface area contributed by atoms with Crippen LogP contribution in [0.4, 0.5) is 0 Å². The number of carbonyl (C=O) groups excluding carboxylic acids is 2. The molecule has 2 aromatic carbocycles. The van der Waals surface area contributed by atoms with Crippen molar-refractivity contribution < 1.29 is 19.1 Å². The molecule has 2 aliphatic heterocycles. The molecule has 2 aliphatic rings. The fourth-order valence-electron chi connectivity index (χ4n) is 4.68. The maximum atomic E-state index is 13.2. The van der Waals surface area contributed by atoms with Crippen LogP contribution in [0.15, 0.2) is 42.5 Å². The Bertz CT molecular complexity index is 1250. The SMILES string of the molecule is COc1ccc([C@H]2Cn3nnc(C(=O)N4CCN(C(=O)c5ccc(C)cc5C)CC4)c3CO2)cc1. The van der Waals surface area contributed by atoms with Crippen molar-refractivity contribution in [2.45, 2.75) is 33.1 Å². The van der Waals surface area contributed by atoms with Crippen LogP contribution in [0, 0.1) is 13.8 Å². The molecule has 3 heterocycles. The maximum absolute atomic E-state index is 13.2. The standard InChI is InChI=1S/C26H29N5O4/c1-17-4-9-21(18(2)14-17)25(32)29-10-12-30(13-11-29)26(33)24-22-16-35-23(15-31(22)28-27-24)19-5-7-20(34-3)8-6-19/h4-9,14,23H,10-13,15-16H2,1-3H3/t23-/m1/s1. The number of aromatic nitrogens is 3. The lowest BCUT2D eigenvalue weighted by Crippen LogP contribution is -2.51. The highest BCUT2D eigenvalue weighted by atomic mass is 16.5. The first-order chi connectivity index (χ1) is 16.9. The van der Waals surface area contributed by atoms with E-state index in [1.54, 1.807) is 16.7 Å². The Hall–Kier alpha value is -3.72. The molecule has 0 aliphatic carbocycles. The molecule has 0 spiro atoms. The molecule has 0 bridgehead atoms. The predicted octanol–water partition coefficient (Wildman–Crippen LogP) is 2.77. The zero-order chi connectivity index (χ0) is 24.5. The number of carbonyl (C=O) groups is 2. The number of amides is 2. The van der Waals surface area contributed by atoms with Crippen LogP contribution < -0.4 is 4.74 Å². The van der Waals surface area contributed by atoms with E-state index >= 15 is 0 Å². The Labute approximate surface area is 204 Å². The second-order valence-corrected chi connectivity index (χ2v) is 9.04. The number of hydrogen-bond acceptors (Lipinski definition) is 6. The highest BCUT2D eigenvalue weighted by molar-refractivity contribution is 5.96. The largest absolute Gasteiger partial charge is 0.497 e. The van der Waals surface area contributed by atoms with E-state index in [4.69, 9.17) is 9.47 Å². The monoisotopic (exact) mass is 475 g/mol. The Morgan fingerprint density at radius 2 is 1.66 bits per heavy atom. The number of aryl methyl sites for hydroxylation is 2. The molecule has 35 heavy (non-hydrogen) atoms. The van der Waals surface area contributed by atoms with Crippen molar-refractivity contribution in [3.05, 3.63) is 76.1 Å². The van der Waals surface area contributed by atoms with Gasteiger partial charge in [0.2, 0.25) is 0 Å². The summed E-state index contributed by atoms with van der Waals surface area (Å²) < 4.78 is 13.0. The minimum atomic E-state index is -0.170. The number of ether oxygens (including phenoxy) is 2. The van der Waals surface area contributed by atoms with E-state index in [1.807, 2.05) is 61.2 Å². The Balaban J connectivity index is 1.22. The average Bonchev–Trinajstić information content (AvgIpc) is 3.31. The van der Waals surface area contributed by atoms with Gasteiger partial charge in [-0.15, -0.1) is 5.10 Å². The van der Waals surface area contributed by atoms with E-state index in [-0.39, 0.29) is 24.5 Å². The van der Waals surface area contributed by atoms with Gasteiger partial charge in [-0.3, -0.25) is 9.59 Å². The molecule has 9 nitrogen and oxygen atoms in total. The summed E-state index contributed by atoms with van der Waals surface area (Å²) in [6.45, 7) is 6.59. The van der Waals surface area contributed by atoms with Crippen LogP contribution in [-0.4, -0.2) is 69.9 Å². The van der Waals surface area contributed by atoms with Gasteiger partial charge in [-0.1, -0.05) is 35.0 Å². The third kappa shape index (κ3) is 4.51. The van der Waals surface area contributed by atoms with Gasteiger partial charge < -0.3 is 19.3 Å². The Morgan fingerprint density at radius 3 is 2.31 bits per heavy atom. The van der Waals surface area contributed by atoms with Crippen LogP contribution >= 0.6 is 0 Å². The third-order valence-electron chi connectivity index (χ3n) is 6.75.